The largest absolute Gasteiger partial charge is 0.497 e. The number of nitrogens with one attached hydrogen (secondary N) is 1. The smallest absolute Gasteiger partial charge is 0.124 e. The Balaban J connectivity index is 2.54. The predicted octanol–water partition coefficient (Wildman–Crippen LogP) is 4.08. The molecule has 4 heteroatoms. The molecule has 1 heterocycles. The summed E-state index contributed by atoms with van der Waals surface area (Å²) in [4.78, 5) is 2.66. The highest BCUT2D eigenvalue weighted by Gasteiger charge is 2.21. The van der Waals surface area contributed by atoms with Gasteiger partial charge >= 0.3 is 0 Å². The van der Waals surface area contributed by atoms with Crippen LogP contribution in [0.15, 0.2) is 24.3 Å². The van der Waals surface area contributed by atoms with E-state index in [1.54, 1.807) is 14.2 Å². The molecule has 0 radical (unpaired) electrons. The lowest BCUT2D eigenvalue weighted by atomic mass is 9.97. The zero-order valence-corrected chi connectivity index (χ0v) is 14.1. The van der Waals surface area contributed by atoms with E-state index in [4.69, 9.17) is 9.47 Å². The average molecular weight is 305 g/mol. The topological polar surface area (TPSA) is 30.5 Å². The van der Waals surface area contributed by atoms with Gasteiger partial charge in [0.25, 0.3) is 0 Å². The second-order valence-corrected chi connectivity index (χ2v) is 6.43. The number of hydrogen-bond acceptors (Lipinski definition) is 4. The number of methoxy groups -OCH3 is 2. The van der Waals surface area contributed by atoms with Crippen LogP contribution in [0.2, 0.25) is 0 Å². The van der Waals surface area contributed by atoms with E-state index in [0.29, 0.717) is 0 Å². The van der Waals surface area contributed by atoms with Crippen molar-refractivity contribution in [2.75, 3.05) is 20.8 Å². The molecule has 0 saturated carbocycles. The molecule has 0 bridgehead atoms. The fourth-order valence-electron chi connectivity index (χ4n) is 2.59. The lowest BCUT2D eigenvalue weighted by Crippen LogP contribution is -2.22. The first-order chi connectivity index (χ1) is 10.1. The Kier molecular flexibility index (Phi) is 5.26. The summed E-state index contributed by atoms with van der Waals surface area (Å²) < 4.78 is 10.9. The summed E-state index contributed by atoms with van der Waals surface area (Å²) in [5, 5.41) is 3.57. The monoisotopic (exact) mass is 305 g/mol. The maximum atomic E-state index is 5.55. The summed E-state index contributed by atoms with van der Waals surface area (Å²) in [5.41, 5.74) is 2.42. The van der Waals surface area contributed by atoms with Gasteiger partial charge < -0.3 is 14.8 Å². The van der Waals surface area contributed by atoms with Crippen LogP contribution < -0.4 is 14.8 Å². The van der Waals surface area contributed by atoms with Gasteiger partial charge in [0.2, 0.25) is 0 Å². The summed E-state index contributed by atoms with van der Waals surface area (Å²) in [7, 11) is 3.40. The second-order valence-electron chi connectivity index (χ2n) is 4.97. The summed E-state index contributed by atoms with van der Waals surface area (Å²) in [6.45, 7) is 7.32. The van der Waals surface area contributed by atoms with Crippen LogP contribution in [0.1, 0.15) is 33.8 Å². The van der Waals surface area contributed by atoms with Crippen molar-refractivity contribution >= 4 is 11.3 Å². The van der Waals surface area contributed by atoms with Crippen LogP contribution in [0.25, 0.3) is 0 Å². The van der Waals surface area contributed by atoms with Gasteiger partial charge in [0, 0.05) is 15.3 Å². The number of ether oxygens (including phenoxy) is 2. The zero-order valence-electron chi connectivity index (χ0n) is 13.3. The molecule has 1 aromatic heterocycles. The quantitative estimate of drug-likeness (QED) is 0.872. The Hall–Kier alpha value is -1.52. The first-order valence-electron chi connectivity index (χ1n) is 7.13. The number of thiophene rings is 1. The molecule has 0 saturated heterocycles. The fourth-order valence-corrected chi connectivity index (χ4v) is 3.56. The van der Waals surface area contributed by atoms with Crippen LogP contribution in [-0.4, -0.2) is 20.8 Å². The van der Waals surface area contributed by atoms with Crippen molar-refractivity contribution < 1.29 is 9.47 Å². The number of rotatable bonds is 6. The van der Waals surface area contributed by atoms with E-state index >= 15 is 0 Å². The van der Waals surface area contributed by atoms with E-state index in [1.807, 2.05) is 23.5 Å². The second kappa shape index (κ2) is 6.96. The molecular weight excluding hydrogens is 282 g/mol. The molecule has 0 aliphatic carbocycles. The maximum absolute atomic E-state index is 5.55. The van der Waals surface area contributed by atoms with Crippen LogP contribution in [0.3, 0.4) is 0 Å². The molecule has 0 aliphatic rings. The van der Waals surface area contributed by atoms with Crippen LogP contribution in [0, 0.1) is 13.8 Å². The first kappa shape index (κ1) is 15.9. The highest BCUT2D eigenvalue weighted by Crippen LogP contribution is 2.36. The average Bonchev–Trinajstić information content (AvgIpc) is 2.82. The molecular formula is C17H23NO2S. The standard InChI is InChI=1S/C17H23NO2S/c1-6-18-17(14-9-11(2)21-12(14)3)15-10-13(19-4)7-8-16(15)20-5/h7-10,17-18H,6H2,1-5H3. The number of aryl methyl sites for hydroxylation is 2. The minimum atomic E-state index is 0.116. The van der Waals surface area contributed by atoms with Crippen molar-refractivity contribution in [2.24, 2.45) is 0 Å². The van der Waals surface area contributed by atoms with E-state index in [-0.39, 0.29) is 6.04 Å². The van der Waals surface area contributed by atoms with E-state index in [9.17, 15) is 0 Å². The highest BCUT2D eigenvalue weighted by atomic mass is 32.1. The van der Waals surface area contributed by atoms with Crippen molar-refractivity contribution in [1.29, 1.82) is 0 Å². The molecule has 2 aromatic rings. The third-order valence-electron chi connectivity index (χ3n) is 3.55. The normalized spacial score (nSPS) is 12.2. The van der Waals surface area contributed by atoms with E-state index in [2.05, 4.69) is 38.2 Å². The molecule has 0 amide bonds. The molecule has 1 N–H and O–H groups in total. The van der Waals surface area contributed by atoms with Gasteiger partial charge in [-0.15, -0.1) is 11.3 Å². The van der Waals surface area contributed by atoms with Crippen molar-refractivity contribution in [3.63, 3.8) is 0 Å². The molecule has 3 nitrogen and oxygen atoms in total. The van der Waals surface area contributed by atoms with Gasteiger partial charge in [-0.05, 0) is 50.2 Å². The van der Waals surface area contributed by atoms with Gasteiger partial charge in [0.05, 0.1) is 20.3 Å². The summed E-state index contributed by atoms with van der Waals surface area (Å²) in [6, 6.07) is 8.32. The summed E-state index contributed by atoms with van der Waals surface area (Å²) in [6.07, 6.45) is 0. The summed E-state index contributed by atoms with van der Waals surface area (Å²) in [5.74, 6) is 1.73. The minimum absolute atomic E-state index is 0.116. The maximum Gasteiger partial charge on any atom is 0.124 e. The Morgan fingerprint density at radius 1 is 1.10 bits per heavy atom. The van der Waals surface area contributed by atoms with Crippen LogP contribution in [-0.2, 0) is 0 Å². The molecule has 2 rings (SSSR count). The van der Waals surface area contributed by atoms with Crippen LogP contribution in [0.5, 0.6) is 11.5 Å². The molecule has 0 fully saturated rings. The first-order valence-corrected chi connectivity index (χ1v) is 7.94. The van der Waals surface area contributed by atoms with E-state index < -0.39 is 0 Å². The van der Waals surface area contributed by atoms with Crippen LogP contribution >= 0.6 is 11.3 Å². The SMILES string of the molecule is CCNC(c1cc(OC)ccc1OC)c1cc(C)sc1C. The van der Waals surface area contributed by atoms with Crippen molar-refractivity contribution in [3.05, 3.63) is 45.1 Å². The van der Waals surface area contributed by atoms with Gasteiger partial charge in [-0.25, -0.2) is 0 Å². The van der Waals surface area contributed by atoms with Crippen LogP contribution in [0.4, 0.5) is 0 Å². The van der Waals surface area contributed by atoms with E-state index in [0.717, 1.165) is 23.6 Å². The van der Waals surface area contributed by atoms with Gasteiger partial charge in [0.15, 0.2) is 0 Å². The van der Waals surface area contributed by atoms with Gasteiger partial charge in [-0.2, -0.15) is 0 Å². The molecule has 0 aliphatic heterocycles. The zero-order chi connectivity index (χ0) is 15.4. The summed E-state index contributed by atoms with van der Waals surface area (Å²) >= 11 is 1.83. The van der Waals surface area contributed by atoms with Crippen molar-refractivity contribution in [3.8, 4) is 11.5 Å². The highest BCUT2D eigenvalue weighted by molar-refractivity contribution is 7.12. The Morgan fingerprint density at radius 2 is 1.86 bits per heavy atom. The number of benzene rings is 1. The molecule has 1 atom stereocenters. The Bertz CT molecular complexity index is 607. The van der Waals surface area contributed by atoms with Gasteiger partial charge in [-0.3, -0.25) is 0 Å². The van der Waals surface area contributed by atoms with Crippen molar-refractivity contribution in [1.82, 2.24) is 5.32 Å². The molecule has 21 heavy (non-hydrogen) atoms. The molecule has 1 aromatic carbocycles. The molecule has 0 spiro atoms. The lowest BCUT2D eigenvalue weighted by molar-refractivity contribution is 0.394. The Morgan fingerprint density at radius 3 is 2.38 bits per heavy atom. The third kappa shape index (κ3) is 3.39. The number of hydrogen-bond donors (Lipinski definition) is 1. The third-order valence-corrected chi connectivity index (χ3v) is 4.53. The fraction of sp³-hybridized carbons (Fsp3) is 0.412. The predicted molar refractivity (Wildman–Crippen MR) is 88.9 cm³/mol. The lowest BCUT2D eigenvalue weighted by Gasteiger charge is -2.21. The molecule has 114 valence electrons. The van der Waals surface area contributed by atoms with Gasteiger partial charge in [0.1, 0.15) is 11.5 Å². The van der Waals surface area contributed by atoms with E-state index in [1.165, 1.54) is 15.3 Å². The molecule has 1 unspecified atom stereocenters. The van der Waals surface area contributed by atoms with Gasteiger partial charge in [-0.1, -0.05) is 6.92 Å². The van der Waals surface area contributed by atoms with Crippen molar-refractivity contribution in [2.45, 2.75) is 26.8 Å². The Labute approximate surface area is 130 Å². The minimum Gasteiger partial charge on any atom is -0.497 e.